The predicted octanol–water partition coefficient (Wildman–Crippen LogP) is 2.36. The van der Waals surface area contributed by atoms with Gasteiger partial charge in [-0.1, -0.05) is 15.9 Å². The second kappa shape index (κ2) is 4.49. The molecule has 2 atom stereocenters. The van der Waals surface area contributed by atoms with Crippen LogP contribution in [0.2, 0.25) is 0 Å². The summed E-state index contributed by atoms with van der Waals surface area (Å²) in [6.07, 6.45) is 0.420. The monoisotopic (exact) mass is 298 g/mol. The lowest BCUT2D eigenvalue weighted by molar-refractivity contribution is -0.138. The minimum atomic E-state index is -0.905. The van der Waals surface area contributed by atoms with Gasteiger partial charge in [0.15, 0.2) is 5.78 Å². The average Bonchev–Trinajstić information content (AvgIpc) is 3.08. The van der Waals surface area contributed by atoms with Crippen molar-refractivity contribution in [3.8, 4) is 5.75 Å². The van der Waals surface area contributed by atoms with Gasteiger partial charge in [0, 0.05) is 10.4 Å². The van der Waals surface area contributed by atoms with Crippen LogP contribution in [0.15, 0.2) is 22.7 Å². The van der Waals surface area contributed by atoms with Gasteiger partial charge in [-0.05, 0) is 24.6 Å². The van der Waals surface area contributed by atoms with Crippen LogP contribution in [0.1, 0.15) is 16.8 Å². The van der Waals surface area contributed by atoms with Gasteiger partial charge in [0.1, 0.15) is 5.75 Å². The normalized spacial score (nSPS) is 22.0. The molecule has 1 aromatic carbocycles. The van der Waals surface area contributed by atoms with Crippen LogP contribution in [0, 0.1) is 11.8 Å². The Hall–Kier alpha value is -1.36. The number of hydrogen-bond acceptors (Lipinski definition) is 3. The summed E-state index contributed by atoms with van der Waals surface area (Å²) in [6.45, 7) is 0. The molecule has 1 fully saturated rings. The van der Waals surface area contributed by atoms with E-state index in [2.05, 4.69) is 15.9 Å². The molecule has 1 saturated carbocycles. The molecule has 0 aromatic heterocycles. The van der Waals surface area contributed by atoms with Crippen molar-refractivity contribution in [2.24, 2.45) is 11.8 Å². The highest BCUT2D eigenvalue weighted by atomic mass is 79.9. The standard InChI is InChI=1S/C12H11BrO4/c1-17-10-3-2-6(13)4-9(10)11(14)7-5-8(7)12(15)16/h2-4,7-8H,5H2,1H3,(H,15,16). The van der Waals surface area contributed by atoms with Crippen molar-refractivity contribution in [2.45, 2.75) is 6.42 Å². The number of halogens is 1. The molecular formula is C12H11BrO4. The van der Waals surface area contributed by atoms with Gasteiger partial charge in [-0.15, -0.1) is 0 Å². The van der Waals surface area contributed by atoms with Gasteiger partial charge in [0.05, 0.1) is 18.6 Å². The van der Waals surface area contributed by atoms with Gasteiger partial charge in [-0.2, -0.15) is 0 Å². The number of ether oxygens (including phenoxy) is 1. The van der Waals surface area contributed by atoms with E-state index in [-0.39, 0.29) is 5.78 Å². The first-order valence-corrected chi connectivity index (χ1v) is 5.94. The maximum absolute atomic E-state index is 12.1. The molecule has 0 heterocycles. The van der Waals surface area contributed by atoms with E-state index in [9.17, 15) is 9.59 Å². The molecule has 1 aliphatic carbocycles. The highest BCUT2D eigenvalue weighted by Crippen LogP contribution is 2.42. The fourth-order valence-electron chi connectivity index (χ4n) is 1.83. The number of carbonyl (C=O) groups is 2. The molecule has 90 valence electrons. The molecule has 1 aliphatic rings. The molecule has 2 rings (SSSR count). The molecule has 0 bridgehead atoms. The van der Waals surface area contributed by atoms with E-state index in [4.69, 9.17) is 9.84 Å². The lowest BCUT2D eigenvalue weighted by Crippen LogP contribution is -2.09. The third-order valence-electron chi connectivity index (χ3n) is 2.87. The van der Waals surface area contributed by atoms with Crippen LogP contribution in [0.4, 0.5) is 0 Å². The Bertz CT molecular complexity index is 483. The topological polar surface area (TPSA) is 63.6 Å². The van der Waals surface area contributed by atoms with E-state index in [1.165, 1.54) is 7.11 Å². The van der Waals surface area contributed by atoms with Crippen molar-refractivity contribution >= 4 is 27.7 Å². The lowest BCUT2D eigenvalue weighted by Gasteiger charge is -2.07. The van der Waals surface area contributed by atoms with Gasteiger partial charge < -0.3 is 9.84 Å². The molecule has 0 radical (unpaired) electrons. The number of benzene rings is 1. The molecule has 17 heavy (non-hydrogen) atoms. The first kappa shape index (κ1) is 12.1. The van der Waals surface area contributed by atoms with E-state index >= 15 is 0 Å². The van der Waals surface area contributed by atoms with Gasteiger partial charge in [0.2, 0.25) is 0 Å². The lowest BCUT2D eigenvalue weighted by atomic mass is 10.0. The Kier molecular flexibility index (Phi) is 3.19. The molecule has 0 aliphatic heterocycles. The number of carbonyl (C=O) groups excluding carboxylic acids is 1. The Morgan fingerprint density at radius 1 is 1.41 bits per heavy atom. The summed E-state index contributed by atoms with van der Waals surface area (Å²) in [6, 6.07) is 5.13. The Balaban J connectivity index is 2.26. The predicted molar refractivity (Wildman–Crippen MR) is 64.3 cm³/mol. The van der Waals surface area contributed by atoms with E-state index in [0.29, 0.717) is 17.7 Å². The van der Waals surface area contributed by atoms with E-state index in [1.807, 2.05) is 0 Å². The molecule has 0 amide bonds. The number of Topliss-reactive ketones (excluding diaryl/α,β-unsaturated/α-hetero) is 1. The highest BCUT2D eigenvalue weighted by Gasteiger charge is 2.48. The Morgan fingerprint density at radius 2 is 2.12 bits per heavy atom. The van der Waals surface area contributed by atoms with E-state index in [0.717, 1.165) is 4.47 Å². The minimum absolute atomic E-state index is 0.157. The highest BCUT2D eigenvalue weighted by molar-refractivity contribution is 9.10. The molecule has 5 heteroatoms. The number of methoxy groups -OCH3 is 1. The number of carboxylic acids is 1. The summed E-state index contributed by atoms with van der Waals surface area (Å²) in [4.78, 5) is 22.8. The molecule has 2 unspecified atom stereocenters. The summed E-state index contributed by atoms with van der Waals surface area (Å²) in [5.41, 5.74) is 0.440. The largest absolute Gasteiger partial charge is 0.496 e. The van der Waals surface area contributed by atoms with E-state index in [1.54, 1.807) is 18.2 Å². The number of ketones is 1. The zero-order valence-electron chi connectivity index (χ0n) is 9.14. The van der Waals surface area contributed by atoms with Crippen LogP contribution < -0.4 is 4.74 Å². The second-order valence-electron chi connectivity index (χ2n) is 4.00. The summed E-state index contributed by atoms with van der Waals surface area (Å²) in [5, 5.41) is 8.81. The molecule has 4 nitrogen and oxygen atoms in total. The maximum atomic E-state index is 12.1. The average molecular weight is 299 g/mol. The van der Waals surface area contributed by atoms with Crippen LogP contribution in [0.3, 0.4) is 0 Å². The summed E-state index contributed by atoms with van der Waals surface area (Å²) >= 11 is 3.28. The van der Waals surface area contributed by atoms with Crippen LogP contribution in [0.5, 0.6) is 5.75 Å². The first-order chi connectivity index (χ1) is 8.04. The van der Waals surface area contributed by atoms with Crippen molar-refractivity contribution in [1.29, 1.82) is 0 Å². The van der Waals surface area contributed by atoms with Crippen LogP contribution >= 0.6 is 15.9 Å². The maximum Gasteiger partial charge on any atom is 0.307 e. The molecule has 0 spiro atoms. The minimum Gasteiger partial charge on any atom is -0.496 e. The van der Waals surface area contributed by atoms with Crippen LogP contribution in [-0.4, -0.2) is 24.0 Å². The third-order valence-corrected chi connectivity index (χ3v) is 3.36. The van der Waals surface area contributed by atoms with Gasteiger partial charge in [-0.25, -0.2) is 0 Å². The Labute approximate surface area is 107 Å². The number of rotatable bonds is 4. The molecule has 1 N–H and O–H groups in total. The van der Waals surface area contributed by atoms with Crippen molar-refractivity contribution in [2.75, 3.05) is 7.11 Å². The molecular weight excluding hydrogens is 288 g/mol. The number of carboxylic acid groups (broad SMARTS) is 1. The van der Waals surface area contributed by atoms with Gasteiger partial charge in [-0.3, -0.25) is 9.59 Å². The summed E-state index contributed by atoms with van der Waals surface area (Å²) < 4.78 is 5.88. The number of aliphatic carboxylic acids is 1. The van der Waals surface area contributed by atoms with Crippen molar-refractivity contribution < 1.29 is 19.4 Å². The summed E-state index contributed by atoms with van der Waals surface area (Å²) in [5.74, 6) is -1.52. The van der Waals surface area contributed by atoms with Crippen molar-refractivity contribution in [1.82, 2.24) is 0 Å². The Morgan fingerprint density at radius 3 is 2.65 bits per heavy atom. The number of hydrogen-bond donors (Lipinski definition) is 1. The second-order valence-corrected chi connectivity index (χ2v) is 4.91. The van der Waals surface area contributed by atoms with Gasteiger partial charge in [0.25, 0.3) is 0 Å². The quantitative estimate of drug-likeness (QED) is 0.867. The fourth-order valence-corrected chi connectivity index (χ4v) is 2.19. The zero-order valence-corrected chi connectivity index (χ0v) is 10.7. The first-order valence-electron chi connectivity index (χ1n) is 5.15. The van der Waals surface area contributed by atoms with Gasteiger partial charge >= 0.3 is 5.97 Å². The zero-order chi connectivity index (χ0) is 12.6. The molecule has 1 aromatic rings. The van der Waals surface area contributed by atoms with Crippen molar-refractivity contribution in [3.63, 3.8) is 0 Å². The molecule has 0 saturated heterocycles. The summed E-state index contributed by atoms with van der Waals surface area (Å²) in [7, 11) is 1.49. The fraction of sp³-hybridized carbons (Fsp3) is 0.333. The van der Waals surface area contributed by atoms with E-state index < -0.39 is 17.8 Å². The van der Waals surface area contributed by atoms with Crippen LogP contribution in [-0.2, 0) is 4.79 Å². The van der Waals surface area contributed by atoms with Crippen molar-refractivity contribution in [3.05, 3.63) is 28.2 Å². The SMILES string of the molecule is COc1ccc(Br)cc1C(=O)C1CC1C(=O)O. The third kappa shape index (κ3) is 2.34. The smallest absolute Gasteiger partial charge is 0.307 e. The van der Waals surface area contributed by atoms with Crippen LogP contribution in [0.25, 0.3) is 0 Å².